The van der Waals surface area contributed by atoms with Crippen molar-refractivity contribution in [2.24, 2.45) is 4.99 Å². The average molecular weight is 403 g/mol. The Hall–Kier alpha value is -1.89. The molecule has 1 unspecified atom stereocenters. The van der Waals surface area contributed by atoms with Crippen LogP contribution in [0.25, 0.3) is 0 Å². The van der Waals surface area contributed by atoms with Crippen molar-refractivity contribution in [2.75, 3.05) is 26.2 Å². The lowest BCUT2D eigenvalue weighted by Gasteiger charge is -2.24. The minimum Gasteiger partial charge on any atom is -0.384 e. The van der Waals surface area contributed by atoms with Gasteiger partial charge in [0.05, 0.1) is 13.1 Å². The highest BCUT2D eigenvalue weighted by Gasteiger charge is 2.23. The molecule has 0 amide bonds. The second-order valence-corrected chi connectivity index (χ2v) is 7.89. The fraction of sp³-hybridized carbons (Fsp3) is 0.500. The van der Waals surface area contributed by atoms with Crippen molar-refractivity contribution in [1.82, 2.24) is 15.5 Å². The molecule has 5 nitrogen and oxygen atoms in total. The monoisotopic (exact) mass is 402 g/mol. The number of hydrogen-bond donors (Lipinski definition) is 3. The average Bonchev–Trinajstić information content (AvgIpc) is 3.25. The second kappa shape index (κ2) is 11.2. The summed E-state index contributed by atoms with van der Waals surface area (Å²) in [5, 5.41) is 21.1. The Morgan fingerprint density at radius 1 is 1.07 bits per heavy atom. The Bertz CT molecular complexity index is 707. The summed E-state index contributed by atoms with van der Waals surface area (Å²) in [6, 6.07) is 10.6. The van der Waals surface area contributed by atoms with Gasteiger partial charge >= 0.3 is 0 Å². The number of nitrogens with zero attached hydrogens (tertiary/aromatic N) is 2. The standard InChI is InChI=1S/C22H34N4OS/c1-5-23-21(25-17-22(4,27)20-12-13-28-16-20)24-14-18-8-10-19(11-9-18)15-26(6-2)7-3/h8-13,16,27H,5-7,14-15,17H2,1-4H3,(H2,23,24,25). The molecule has 0 bridgehead atoms. The molecule has 1 heterocycles. The number of nitrogens with one attached hydrogen (secondary N) is 2. The van der Waals surface area contributed by atoms with Crippen LogP contribution in [0.5, 0.6) is 0 Å². The van der Waals surface area contributed by atoms with E-state index in [0.717, 1.165) is 31.7 Å². The van der Waals surface area contributed by atoms with Gasteiger partial charge in [-0.05, 0) is 60.5 Å². The first-order chi connectivity index (χ1) is 13.5. The molecule has 1 aromatic heterocycles. The normalized spacial score (nSPS) is 14.1. The number of benzene rings is 1. The molecule has 0 spiro atoms. The van der Waals surface area contributed by atoms with Crippen molar-refractivity contribution in [3.8, 4) is 0 Å². The van der Waals surface area contributed by atoms with Crippen LogP contribution in [0.1, 0.15) is 44.4 Å². The van der Waals surface area contributed by atoms with Gasteiger partial charge in [-0.2, -0.15) is 11.3 Å². The Labute approximate surface area is 173 Å². The van der Waals surface area contributed by atoms with E-state index in [1.165, 1.54) is 11.1 Å². The summed E-state index contributed by atoms with van der Waals surface area (Å²) >= 11 is 1.59. The summed E-state index contributed by atoms with van der Waals surface area (Å²) in [6.07, 6.45) is 0. The highest BCUT2D eigenvalue weighted by atomic mass is 32.1. The Morgan fingerprint density at radius 2 is 1.75 bits per heavy atom. The molecule has 0 fully saturated rings. The van der Waals surface area contributed by atoms with Crippen molar-refractivity contribution in [2.45, 2.75) is 46.4 Å². The van der Waals surface area contributed by atoms with Gasteiger partial charge in [-0.15, -0.1) is 0 Å². The number of rotatable bonds is 10. The molecule has 0 aliphatic rings. The van der Waals surface area contributed by atoms with Crippen LogP contribution < -0.4 is 10.6 Å². The molecule has 0 saturated heterocycles. The number of thiophene rings is 1. The number of aliphatic hydroxyl groups is 1. The van der Waals surface area contributed by atoms with Gasteiger partial charge in [0.2, 0.25) is 0 Å². The summed E-state index contributed by atoms with van der Waals surface area (Å²) in [6.45, 7) is 13.1. The van der Waals surface area contributed by atoms with Gasteiger partial charge in [-0.25, -0.2) is 4.99 Å². The van der Waals surface area contributed by atoms with Crippen molar-refractivity contribution in [1.29, 1.82) is 0 Å². The molecule has 0 aliphatic heterocycles. The molecule has 0 radical (unpaired) electrons. The van der Waals surface area contributed by atoms with E-state index < -0.39 is 5.60 Å². The number of aliphatic imine (C=N–C) groups is 1. The summed E-state index contributed by atoms with van der Waals surface area (Å²) in [5.74, 6) is 0.713. The molecule has 1 atom stereocenters. The highest BCUT2D eigenvalue weighted by molar-refractivity contribution is 7.08. The molecule has 2 aromatic rings. The van der Waals surface area contributed by atoms with Gasteiger partial charge in [0, 0.05) is 13.1 Å². The van der Waals surface area contributed by atoms with Crippen molar-refractivity contribution >= 4 is 17.3 Å². The van der Waals surface area contributed by atoms with Crippen molar-refractivity contribution < 1.29 is 5.11 Å². The van der Waals surface area contributed by atoms with Crippen LogP contribution in [-0.4, -0.2) is 42.1 Å². The number of hydrogen-bond acceptors (Lipinski definition) is 4. The third-order valence-electron chi connectivity index (χ3n) is 4.83. The molecule has 154 valence electrons. The van der Waals surface area contributed by atoms with E-state index in [0.29, 0.717) is 19.0 Å². The van der Waals surface area contributed by atoms with Crippen LogP contribution in [0.3, 0.4) is 0 Å². The maximum absolute atomic E-state index is 10.7. The molecule has 0 aliphatic carbocycles. The molecule has 1 aromatic carbocycles. The second-order valence-electron chi connectivity index (χ2n) is 7.11. The summed E-state index contributed by atoms with van der Waals surface area (Å²) < 4.78 is 0. The third-order valence-corrected chi connectivity index (χ3v) is 5.51. The van der Waals surface area contributed by atoms with Gasteiger partial charge in [0.1, 0.15) is 5.60 Å². The van der Waals surface area contributed by atoms with E-state index in [9.17, 15) is 5.11 Å². The quantitative estimate of drug-likeness (QED) is 0.420. The zero-order chi connectivity index (χ0) is 20.4. The van der Waals surface area contributed by atoms with Crippen LogP contribution in [0, 0.1) is 0 Å². The van der Waals surface area contributed by atoms with E-state index in [4.69, 9.17) is 0 Å². The minimum absolute atomic E-state index is 0.401. The molecular formula is C22H34N4OS. The van der Waals surface area contributed by atoms with Gasteiger partial charge < -0.3 is 15.7 Å². The van der Waals surface area contributed by atoms with Crippen LogP contribution in [-0.2, 0) is 18.7 Å². The lowest BCUT2D eigenvalue weighted by Crippen LogP contribution is -2.44. The predicted molar refractivity (Wildman–Crippen MR) is 120 cm³/mol. The van der Waals surface area contributed by atoms with Crippen molar-refractivity contribution in [3.05, 3.63) is 57.8 Å². The molecule has 2 rings (SSSR count). The topological polar surface area (TPSA) is 59.9 Å². The molecular weight excluding hydrogens is 368 g/mol. The van der Waals surface area contributed by atoms with E-state index in [1.807, 2.05) is 30.7 Å². The lowest BCUT2D eigenvalue weighted by molar-refractivity contribution is 0.0621. The van der Waals surface area contributed by atoms with Crippen LogP contribution in [0.2, 0.25) is 0 Å². The van der Waals surface area contributed by atoms with E-state index >= 15 is 0 Å². The van der Waals surface area contributed by atoms with Crippen molar-refractivity contribution in [3.63, 3.8) is 0 Å². The zero-order valence-electron chi connectivity index (χ0n) is 17.5. The SMILES string of the molecule is CCNC(=NCc1ccc(CN(CC)CC)cc1)NCC(C)(O)c1ccsc1. The Kier molecular flexibility index (Phi) is 8.96. The van der Waals surface area contributed by atoms with Gasteiger partial charge in [-0.1, -0.05) is 38.1 Å². The number of guanidine groups is 1. The summed E-state index contributed by atoms with van der Waals surface area (Å²) in [4.78, 5) is 7.07. The molecule has 6 heteroatoms. The smallest absolute Gasteiger partial charge is 0.191 e. The largest absolute Gasteiger partial charge is 0.384 e. The zero-order valence-corrected chi connectivity index (χ0v) is 18.4. The first kappa shape index (κ1) is 22.4. The Balaban J connectivity index is 1.94. The van der Waals surface area contributed by atoms with Gasteiger partial charge in [0.15, 0.2) is 5.96 Å². The van der Waals surface area contributed by atoms with E-state index in [2.05, 4.69) is 58.6 Å². The predicted octanol–water partition coefficient (Wildman–Crippen LogP) is 3.55. The first-order valence-electron chi connectivity index (χ1n) is 10.1. The van der Waals surface area contributed by atoms with Crippen LogP contribution >= 0.6 is 11.3 Å². The van der Waals surface area contributed by atoms with Crippen LogP contribution in [0.4, 0.5) is 0 Å². The summed E-state index contributed by atoms with van der Waals surface area (Å²) in [7, 11) is 0. The van der Waals surface area contributed by atoms with Gasteiger partial charge in [0.25, 0.3) is 0 Å². The lowest BCUT2D eigenvalue weighted by atomic mass is 9.99. The first-order valence-corrected chi connectivity index (χ1v) is 11.0. The van der Waals surface area contributed by atoms with E-state index in [1.54, 1.807) is 11.3 Å². The maximum Gasteiger partial charge on any atom is 0.191 e. The third kappa shape index (κ3) is 6.93. The maximum atomic E-state index is 10.7. The Morgan fingerprint density at radius 3 is 2.32 bits per heavy atom. The van der Waals surface area contributed by atoms with E-state index in [-0.39, 0.29) is 0 Å². The highest BCUT2D eigenvalue weighted by Crippen LogP contribution is 2.21. The fourth-order valence-corrected chi connectivity index (χ4v) is 3.68. The fourth-order valence-electron chi connectivity index (χ4n) is 2.90. The van der Waals surface area contributed by atoms with Gasteiger partial charge in [-0.3, -0.25) is 4.90 Å². The summed E-state index contributed by atoms with van der Waals surface area (Å²) in [5.41, 5.74) is 2.49. The molecule has 28 heavy (non-hydrogen) atoms. The molecule has 3 N–H and O–H groups in total. The van der Waals surface area contributed by atoms with Crippen LogP contribution in [0.15, 0.2) is 46.1 Å². The molecule has 0 saturated carbocycles. The minimum atomic E-state index is -0.928.